The zero-order chi connectivity index (χ0) is 12.4. The van der Waals surface area contributed by atoms with Crippen molar-refractivity contribution < 1.29 is 9.18 Å². The monoisotopic (exact) mass is 231 g/mol. The molecule has 0 aliphatic heterocycles. The van der Waals surface area contributed by atoms with Crippen LogP contribution in [0.5, 0.6) is 0 Å². The summed E-state index contributed by atoms with van der Waals surface area (Å²) in [6, 6.07) is 6.63. The Bertz CT molecular complexity index is 557. The highest BCUT2D eigenvalue weighted by Gasteiger charge is 2.16. The third-order valence-corrected chi connectivity index (χ3v) is 2.93. The molecule has 0 spiro atoms. The lowest BCUT2D eigenvalue weighted by Crippen LogP contribution is -1.95. The number of benzene rings is 1. The van der Waals surface area contributed by atoms with Gasteiger partial charge in [-0.1, -0.05) is 19.1 Å². The number of aryl methyl sites for hydroxylation is 1. The number of rotatable bonds is 3. The zero-order valence-corrected chi connectivity index (χ0v) is 9.90. The Morgan fingerprint density at radius 2 is 2.06 bits per heavy atom. The summed E-state index contributed by atoms with van der Waals surface area (Å²) in [5.41, 5.74) is 2.86. The molecule has 0 fully saturated rings. The number of aromatic nitrogens is 1. The Morgan fingerprint density at radius 1 is 1.35 bits per heavy atom. The van der Waals surface area contributed by atoms with E-state index in [2.05, 4.69) is 0 Å². The van der Waals surface area contributed by atoms with Gasteiger partial charge in [0, 0.05) is 24.4 Å². The molecule has 1 aromatic carbocycles. The molecule has 0 bridgehead atoms. The van der Waals surface area contributed by atoms with E-state index >= 15 is 0 Å². The first kappa shape index (κ1) is 11.6. The van der Waals surface area contributed by atoms with Crippen LogP contribution in [-0.4, -0.2) is 10.9 Å². The highest BCUT2D eigenvalue weighted by atomic mass is 19.1. The summed E-state index contributed by atoms with van der Waals surface area (Å²) in [5.74, 6) is -0.263. The van der Waals surface area contributed by atoms with Crippen LogP contribution < -0.4 is 0 Å². The minimum atomic E-state index is -0.263. The quantitative estimate of drug-likeness (QED) is 0.743. The number of halogens is 1. The van der Waals surface area contributed by atoms with Crippen LogP contribution in [0.25, 0.3) is 11.3 Å². The molecule has 2 nitrogen and oxygen atoms in total. The predicted molar refractivity (Wildman–Crippen MR) is 65.6 cm³/mol. The number of nitrogens with zero attached hydrogens (tertiary/aromatic N) is 1. The van der Waals surface area contributed by atoms with Crippen molar-refractivity contribution in [3.63, 3.8) is 0 Å². The minimum absolute atomic E-state index is 0.263. The first-order valence-electron chi connectivity index (χ1n) is 5.57. The highest BCUT2D eigenvalue weighted by molar-refractivity contribution is 5.82. The smallest absolute Gasteiger partial charge is 0.151 e. The number of carbonyl (C=O) groups excluding carboxylic acids is 1. The van der Waals surface area contributed by atoms with E-state index in [1.54, 1.807) is 29.0 Å². The number of aldehydes is 1. The average Bonchev–Trinajstić information content (AvgIpc) is 2.66. The van der Waals surface area contributed by atoms with Gasteiger partial charge in [0.05, 0.1) is 5.69 Å². The fraction of sp³-hybridized carbons (Fsp3) is 0.214. The lowest BCUT2D eigenvalue weighted by atomic mass is 10.0. The molecule has 0 amide bonds. The van der Waals surface area contributed by atoms with Gasteiger partial charge in [0.25, 0.3) is 0 Å². The van der Waals surface area contributed by atoms with Crippen molar-refractivity contribution in [2.24, 2.45) is 7.05 Å². The Morgan fingerprint density at radius 3 is 2.65 bits per heavy atom. The van der Waals surface area contributed by atoms with Gasteiger partial charge in [-0.25, -0.2) is 4.39 Å². The van der Waals surface area contributed by atoms with Gasteiger partial charge in [-0.15, -0.1) is 0 Å². The van der Waals surface area contributed by atoms with E-state index < -0.39 is 0 Å². The second-order valence-electron chi connectivity index (χ2n) is 3.97. The van der Waals surface area contributed by atoms with E-state index in [0.29, 0.717) is 17.5 Å². The minimum Gasteiger partial charge on any atom is -0.350 e. The molecule has 0 N–H and O–H groups in total. The van der Waals surface area contributed by atoms with E-state index in [4.69, 9.17) is 0 Å². The first-order valence-corrected chi connectivity index (χ1v) is 5.57. The molecule has 2 aromatic rings. The summed E-state index contributed by atoms with van der Waals surface area (Å²) in [6.07, 6.45) is 3.27. The molecule has 0 atom stereocenters. The van der Waals surface area contributed by atoms with Crippen LogP contribution in [0.2, 0.25) is 0 Å². The van der Waals surface area contributed by atoms with Crippen LogP contribution in [0.1, 0.15) is 22.8 Å². The SMILES string of the molecule is CCc1c(C=O)cn(C)c1-c1ccccc1F. The van der Waals surface area contributed by atoms with Gasteiger partial charge < -0.3 is 4.57 Å². The van der Waals surface area contributed by atoms with Gasteiger partial charge in [-0.05, 0) is 24.1 Å². The fourth-order valence-electron chi connectivity index (χ4n) is 2.18. The zero-order valence-electron chi connectivity index (χ0n) is 9.90. The van der Waals surface area contributed by atoms with Gasteiger partial charge in [0.15, 0.2) is 6.29 Å². The maximum atomic E-state index is 13.8. The molecule has 0 aliphatic carbocycles. The van der Waals surface area contributed by atoms with Crippen LogP contribution in [0.3, 0.4) is 0 Å². The van der Waals surface area contributed by atoms with E-state index in [1.807, 2.05) is 14.0 Å². The van der Waals surface area contributed by atoms with Crippen molar-refractivity contribution in [2.75, 3.05) is 0 Å². The standard InChI is InChI=1S/C14H14FNO/c1-3-11-10(9-17)8-16(2)14(11)12-6-4-5-7-13(12)15/h4-9H,3H2,1-2H3. The Kier molecular flexibility index (Phi) is 3.09. The summed E-state index contributed by atoms with van der Waals surface area (Å²) >= 11 is 0. The molecular weight excluding hydrogens is 217 g/mol. The summed E-state index contributed by atoms with van der Waals surface area (Å²) in [4.78, 5) is 11.0. The molecule has 0 unspecified atom stereocenters. The summed E-state index contributed by atoms with van der Waals surface area (Å²) < 4.78 is 15.6. The van der Waals surface area contributed by atoms with E-state index in [0.717, 1.165) is 17.5 Å². The maximum Gasteiger partial charge on any atom is 0.151 e. The molecule has 0 saturated heterocycles. The Balaban J connectivity index is 2.71. The number of hydrogen-bond donors (Lipinski definition) is 0. The topological polar surface area (TPSA) is 22.0 Å². The molecular formula is C14H14FNO. The second-order valence-corrected chi connectivity index (χ2v) is 3.97. The number of carbonyl (C=O) groups is 1. The first-order chi connectivity index (χ1) is 8.19. The molecule has 3 heteroatoms. The summed E-state index contributed by atoms with van der Waals surface area (Å²) in [6.45, 7) is 1.96. The second kappa shape index (κ2) is 4.53. The third kappa shape index (κ3) is 1.88. The molecule has 1 aromatic heterocycles. The average molecular weight is 231 g/mol. The summed E-state index contributed by atoms with van der Waals surface area (Å²) in [5, 5.41) is 0. The molecule has 2 rings (SSSR count). The lowest BCUT2D eigenvalue weighted by molar-refractivity contribution is 0.112. The van der Waals surface area contributed by atoms with E-state index in [-0.39, 0.29) is 5.82 Å². The van der Waals surface area contributed by atoms with E-state index in [1.165, 1.54) is 6.07 Å². The normalized spacial score (nSPS) is 10.5. The van der Waals surface area contributed by atoms with Crippen molar-refractivity contribution in [1.29, 1.82) is 0 Å². The molecule has 1 heterocycles. The lowest BCUT2D eigenvalue weighted by Gasteiger charge is -2.08. The fourth-order valence-corrected chi connectivity index (χ4v) is 2.18. The largest absolute Gasteiger partial charge is 0.350 e. The van der Waals surface area contributed by atoms with Crippen molar-refractivity contribution in [3.8, 4) is 11.3 Å². The van der Waals surface area contributed by atoms with Gasteiger partial charge in [-0.3, -0.25) is 4.79 Å². The Hall–Kier alpha value is -1.90. The van der Waals surface area contributed by atoms with Gasteiger partial charge in [-0.2, -0.15) is 0 Å². The van der Waals surface area contributed by atoms with Crippen LogP contribution >= 0.6 is 0 Å². The van der Waals surface area contributed by atoms with Crippen molar-refractivity contribution in [3.05, 3.63) is 47.4 Å². The van der Waals surface area contributed by atoms with Crippen LogP contribution in [0.15, 0.2) is 30.5 Å². The molecule has 0 radical (unpaired) electrons. The maximum absolute atomic E-state index is 13.8. The van der Waals surface area contributed by atoms with Crippen LogP contribution in [-0.2, 0) is 13.5 Å². The third-order valence-electron chi connectivity index (χ3n) is 2.93. The highest BCUT2D eigenvalue weighted by Crippen LogP contribution is 2.29. The van der Waals surface area contributed by atoms with Gasteiger partial charge in [0.1, 0.15) is 5.82 Å². The van der Waals surface area contributed by atoms with Crippen molar-refractivity contribution >= 4 is 6.29 Å². The van der Waals surface area contributed by atoms with Gasteiger partial charge >= 0.3 is 0 Å². The van der Waals surface area contributed by atoms with Crippen molar-refractivity contribution in [1.82, 2.24) is 4.57 Å². The van der Waals surface area contributed by atoms with Crippen LogP contribution in [0.4, 0.5) is 4.39 Å². The summed E-state index contributed by atoms with van der Waals surface area (Å²) in [7, 11) is 1.83. The molecule has 0 saturated carbocycles. The van der Waals surface area contributed by atoms with E-state index in [9.17, 15) is 9.18 Å². The van der Waals surface area contributed by atoms with Gasteiger partial charge in [0.2, 0.25) is 0 Å². The van der Waals surface area contributed by atoms with Crippen molar-refractivity contribution in [2.45, 2.75) is 13.3 Å². The molecule has 17 heavy (non-hydrogen) atoms. The Labute approximate surface area is 99.7 Å². The van der Waals surface area contributed by atoms with Crippen LogP contribution in [0, 0.1) is 5.82 Å². The predicted octanol–water partition coefficient (Wildman–Crippen LogP) is 3.21. The number of hydrogen-bond acceptors (Lipinski definition) is 1. The molecule has 88 valence electrons. The molecule has 0 aliphatic rings.